The van der Waals surface area contributed by atoms with Crippen LogP contribution in [0.25, 0.3) is 16.9 Å². The van der Waals surface area contributed by atoms with Crippen LogP contribution in [0.15, 0.2) is 35.1 Å². The average molecular weight is 466 g/mol. The van der Waals surface area contributed by atoms with E-state index in [1.54, 1.807) is 11.4 Å². The number of benzene rings is 1. The van der Waals surface area contributed by atoms with Crippen LogP contribution in [0.2, 0.25) is 0 Å². The van der Waals surface area contributed by atoms with E-state index in [9.17, 15) is 13.2 Å². The molecule has 28 heavy (non-hydrogen) atoms. The number of hydrogen-bond acceptors (Lipinski definition) is 5. The monoisotopic (exact) mass is 465 g/mol. The van der Waals surface area contributed by atoms with Gasteiger partial charge in [0.2, 0.25) is 9.05 Å². The van der Waals surface area contributed by atoms with Crippen molar-refractivity contribution in [3.8, 4) is 11.4 Å². The van der Waals surface area contributed by atoms with E-state index in [-0.39, 0.29) is 24.1 Å². The van der Waals surface area contributed by atoms with Crippen LogP contribution in [0, 0.1) is 13.8 Å². The van der Waals surface area contributed by atoms with Crippen LogP contribution in [0.1, 0.15) is 39.2 Å². The van der Waals surface area contributed by atoms with E-state index < -0.39 is 9.05 Å². The van der Waals surface area contributed by atoms with Gasteiger partial charge in [0.25, 0.3) is 5.56 Å². The third-order valence-electron chi connectivity index (χ3n) is 2.88. The van der Waals surface area contributed by atoms with Crippen molar-refractivity contribution in [1.82, 2.24) is 19.6 Å². The molecule has 0 saturated carbocycles. The van der Waals surface area contributed by atoms with Gasteiger partial charge in [-0.15, -0.1) is 5.10 Å². The van der Waals surface area contributed by atoms with Crippen molar-refractivity contribution in [3.05, 3.63) is 52.2 Å². The number of H-pyrrole nitrogens is 1. The summed E-state index contributed by atoms with van der Waals surface area (Å²) in [6.45, 7) is 11.6. The van der Waals surface area contributed by atoms with Gasteiger partial charge in [-0.3, -0.25) is 4.79 Å². The van der Waals surface area contributed by atoms with Crippen molar-refractivity contribution in [2.24, 2.45) is 0 Å². The van der Waals surface area contributed by atoms with Gasteiger partial charge in [0, 0.05) is 34.8 Å². The van der Waals surface area contributed by atoms with E-state index in [0.717, 1.165) is 11.8 Å². The Morgan fingerprint density at radius 2 is 1.50 bits per heavy atom. The molecular weight excluding hydrogens is 439 g/mol. The van der Waals surface area contributed by atoms with Crippen LogP contribution in [0.5, 0.6) is 0 Å². The van der Waals surface area contributed by atoms with Crippen molar-refractivity contribution >= 4 is 25.2 Å². The number of nitrogens with zero attached hydrogens (tertiary/aromatic N) is 3. The summed E-state index contributed by atoms with van der Waals surface area (Å²) in [5.41, 5.74) is 1.91. The molecule has 0 bridgehead atoms. The molecule has 1 N–H and O–H groups in total. The zero-order valence-electron chi connectivity index (χ0n) is 17.2. The van der Waals surface area contributed by atoms with Crippen molar-refractivity contribution in [2.45, 2.75) is 41.5 Å². The molecule has 0 spiro atoms. The molecular formula is C18H27ClN4O3SV. The van der Waals surface area contributed by atoms with Crippen molar-refractivity contribution < 1.29 is 27.0 Å². The van der Waals surface area contributed by atoms with Gasteiger partial charge in [0.15, 0.2) is 11.3 Å². The molecule has 0 saturated heterocycles. The van der Waals surface area contributed by atoms with E-state index in [1.807, 2.05) is 65.0 Å². The first-order valence-corrected chi connectivity index (χ1v) is 11.3. The average Bonchev–Trinajstić information content (AvgIpc) is 2.92. The van der Waals surface area contributed by atoms with Gasteiger partial charge in [0.05, 0.1) is 11.9 Å². The molecule has 0 aliphatic heterocycles. The molecule has 0 aliphatic carbocycles. The summed E-state index contributed by atoms with van der Waals surface area (Å²) in [7, 11) is 1.31. The van der Waals surface area contributed by atoms with E-state index in [0.29, 0.717) is 22.9 Å². The number of halogens is 1. The van der Waals surface area contributed by atoms with Crippen LogP contribution >= 0.6 is 10.7 Å². The Hall–Kier alpha value is -1.61. The molecule has 0 atom stereocenters. The fourth-order valence-corrected chi connectivity index (χ4v) is 2.06. The summed E-state index contributed by atoms with van der Waals surface area (Å²) in [6.07, 6.45) is 0.925. The molecule has 2 aromatic heterocycles. The summed E-state index contributed by atoms with van der Waals surface area (Å²) in [6, 6.07) is 9.55. The second-order valence-corrected chi connectivity index (χ2v) is 7.90. The number of hydrogen-bond donors (Lipinski definition) is 1. The van der Waals surface area contributed by atoms with E-state index in [2.05, 4.69) is 25.7 Å². The summed E-state index contributed by atoms with van der Waals surface area (Å²) in [5.74, 6) is 1.26. The Bertz CT molecular complexity index is 995. The normalized spacial score (nSPS) is 9.57. The standard InChI is InChI=1S/C13H12N4O.2C2H6.CH3ClO2S.V/c1-8-11-13(18)15-12(10-6-4-3-5-7-10)16-17(11)9(2)14-8;2*1-2;1-5(2,3)4;/h3-7H,1-2H3,(H,15,16,18);2*1-2H3;1H3;. The Balaban J connectivity index is 0. The third-order valence-corrected chi connectivity index (χ3v) is 2.88. The maximum Gasteiger partial charge on any atom is 0.277 e. The van der Waals surface area contributed by atoms with Gasteiger partial charge in [-0.25, -0.2) is 17.9 Å². The zero-order valence-corrected chi connectivity index (χ0v) is 20.2. The molecule has 0 aliphatic rings. The van der Waals surface area contributed by atoms with E-state index in [4.69, 9.17) is 0 Å². The Labute approximate surface area is 182 Å². The second kappa shape index (κ2) is 13.6. The van der Waals surface area contributed by atoms with Gasteiger partial charge >= 0.3 is 0 Å². The zero-order chi connectivity index (χ0) is 21.2. The number of aromatic nitrogens is 4. The second-order valence-electron chi connectivity index (χ2n) is 4.86. The van der Waals surface area contributed by atoms with Crippen LogP contribution in [0.3, 0.4) is 0 Å². The summed E-state index contributed by atoms with van der Waals surface area (Å²) in [5, 5.41) is 4.43. The molecule has 1 radical (unpaired) electrons. The molecule has 7 nitrogen and oxygen atoms in total. The minimum Gasteiger partial charge on any atom is -0.303 e. The van der Waals surface area contributed by atoms with Gasteiger partial charge in [-0.05, 0) is 13.8 Å². The number of aryl methyl sites for hydroxylation is 2. The molecule has 155 valence electrons. The molecule has 0 fully saturated rings. The minimum atomic E-state index is -3.19. The van der Waals surface area contributed by atoms with E-state index in [1.165, 1.54) is 0 Å². The first kappa shape index (κ1) is 28.6. The maximum atomic E-state index is 12.1. The molecule has 10 heteroatoms. The van der Waals surface area contributed by atoms with Crippen LogP contribution in [-0.2, 0) is 27.6 Å². The van der Waals surface area contributed by atoms with Crippen molar-refractivity contribution in [1.29, 1.82) is 0 Å². The summed E-state index contributed by atoms with van der Waals surface area (Å²) < 4.78 is 20.4. The first-order valence-electron chi connectivity index (χ1n) is 8.58. The topological polar surface area (TPSA) is 97.2 Å². The van der Waals surface area contributed by atoms with E-state index >= 15 is 0 Å². The Morgan fingerprint density at radius 1 is 1.04 bits per heavy atom. The smallest absolute Gasteiger partial charge is 0.277 e. The van der Waals surface area contributed by atoms with Crippen LogP contribution in [0.4, 0.5) is 0 Å². The molecule has 0 amide bonds. The SMILES string of the molecule is CC.CC.CS(=O)(=O)Cl.Cc1nc(C)n2nc(-c3ccccc3)[nH]c(=O)c12.[V]. The van der Waals surface area contributed by atoms with Crippen molar-refractivity contribution in [2.75, 3.05) is 6.26 Å². The number of rotatable bonds is 1. The molecule has 0 unspecified atom stereocenters. The third kappa shape index (κ3) is 9.06. The van der Waals surface area contributed by atoms with Crippen LogP contribution in [-0.4, -0.2) is 34.3 Å². The fraction of sp³-hybridized carbons (Fsp3) is 0.389. The largest absolute Gasteiger partial charge is 0.303 e. The van der Waals surface area contributed by atoms with Crippen LogP contribution < -0.4 is 5.56 Å². The fourth-order valence-electron chi connectivity index (χ4n) is 2.06. The van der Waals surface area contributed by atoms with Gasteiger partial charge in [-0.1, -0.05) is 58.0 Å². The molecule has 3 aromatic rings. The number of fused-ring (bicyclic) bond motifs is 1. The Kier molecular flexibility index (Phi) is 13.8. The minimum absolute atomic E-state index is 0. The number of imidazole rings is 1. The number of nitrogens with one attached hydrogen (secondary N) is 1. The van der Waals surface area contributed by atoms with Crippen molar-refractivity contribution in [3.63, 3.8) is 0 Å². The quantitative estimate of drug-likeness (QED) is 0.549. The molecule has 2 heterocycles. The molecule has 1 aromatic carbocycles. The molecule has 3 rings (SSSR count). The Morgan fingerprint density at radius 3 is 1.96 bits per heavy atom. The first-order chi connectivity index (χ1) is 12.7. The van der Waals surface area contributed by atoms with Gasteiger partial charge < -0.3 is 4.98 Å². The van der Waals surface area contributed by atoms with Gasteiger partial charge in [-0.2, -0.15) is 0 Å². The number of aromatic amines is 1. The maximum absolute atomic E-state index is 12.1. The predicted octanol–water partition coefficient (Wildman–Crippen LogP) is 3.94. The summed E-state index contributed by atoms with van der Waals surface area (Å²) in [4.78, 5) is 19.1. The summed E-state index contributed by atoms with van der Waals surface area (Å²) >= 11 is 0. The van der Waals surface area contributed by atoms with Gasteiger partial charge in [0.1, 0.15) is 5.82 Å². The predicted molar refractivity (Wildman–Crippen MR) is 112 cm³/mol.